The van der Waals surface area contributed by atoms with E-state index in [1.165, 1.54) is 22.6 Å². The van der Waals surface area contributed by atoms with Crippen LogP contribution in [0.1, 0.15) is 53.0 Å². The molecule has 3 aromatic carbocycles. The smallest absolute Gasteiger partial charge is 0.293 e. The van der Waals surface area contributed by atoms with Crippen molar-refractivity contribution in [3.05, 3.63) is 101 Å². The molecule has 2 aliphatic rings. The second-order valence-corrected chi connectivity index (χ2v) is 19.4. The minimum atomic E-state index is -3.84. The van der Waals surface area contributed by atoms with Gasteiger partial charge in [0.2, 0.25) is 26.0 Å². The van der Waals surface area contributed by atoms with E-state index in [-0.39, 0.29) is 58.2 Å². The van der Waals surface area contributed by atoms with Gasteiger partial charge in [-0.1, -0.05) is 24.3 Å². The zero-order valence-corrected chi connectivity index (χ0v) is 35.5. The van der Waals surface area contributed by atoms with Crippen molar-refractivity contribution in [2.45, 2.75) is 43.7 Å². The first-order valence-electron chi connectivity index (χ1n) is 19.3. The third-order valence-corrected chi connectivity index (χ3v) is 12.2. The molecule has 4 heterocycles. The van der Waals surface area contributed by atoms with Crippen LogP contribution in [0.2, 0.25) is 0 Å². The molecule has 24 heteroatoms. The first-order valence-corrected chi connectivity index (χ1v) is 23.1. The van der Waals surface area contributed by atoms with Crippen molar-refractivity contribution in [3.8, 4) is 22.5 Å². The van der Waals surface area contributed by atoms with Crippen molar-refractivity contribution in [3.63, 3.8) is 0 Å². The maximum absolute atomic E-state index is 15.5. The molecular weight excluding hydrogens is 893 g/mol. The summed E-state index contributed by atoms with van der Waals surface area (Å²) in [6.07, 6.45) is -0.318. The molecule has 2 aliphatic carbocycles. The van der Waals surface area contributed by atoms with Crippen LogP contribution < -0.4 is 14.8 Å². The number of hydrogen-bond donors (Lipinski definition) is 3. The Hall–Kier alpha value is -6.56. The fourth-order valence-electron chi connectivity index (χ4n) is 8.69. The highest BCUT2D eigenvalue weighted by atomic mass is 32.2. The number of nitrogens with zero attached hydrogens (tertiary/aromatic N) is 8. The Morgan fingerprint density at radius 1 is 0.844 bits per heavy atom. The van der Waals surface area contributed by atoms with E-state index in [4.69, 9.17) is 9.97 Å². The number of amides is 1. The Balaban J connectivity index is 1.23. The Morgan fingerprint density at radius 3 is 2.00 bits per heavy atom. The lowest BCUT2D eigenvalue weighted by Gasteiger charge is -2.23. The Kier molecular flexibility index (Phi) is 10.0. The number of rotatable bonds is 13. The van der Waals surface area contributed by atoms with Crippen molar-refractivity contribution >= 4 is 59.4 Å². The minimum Gasteiger partial charge on any atom is -0.346 e. The van der Waals surface area contributed by atoms with Crippen LogP contribution in [0.25, 0.3) is 44.3 Å². The Bertz CT molecular complexity index is 3300. The third kappa shape index (κ3) is 7.66. The van der Waals surface area contributed by atoms with Gasteiger partial charge in [0, 0.05) is 53.5 Å². The molecule has 1 fully saturated rings. The van der Waals surface area contributed by atoms with Gasteiger partial charge in [0.1, 0.15) is 29.6 Å². The molecule has 1 amide bonds. The number of aromatic nitrogens is 8. The number of halogens is 6. The molecule has 1 saturated carbocycles. The number of alkyl halides is 4. The molecular formula is C40H35F6N11O5S2. The number of para-hydroxylation sites is 2. The fraction of sp³-hybridized carbons (Fsp3) is 0.300. The second-order valence-electron chi connectivity index (χ2n) is 15.9. The zero-order valence-electron chi connectivity index (χ0n) is 33.9. The molecule has 3 N–H and O–H groups in total. The first kappa shape index (κ1) is 42.7. The molecule has 0 saturated heterocycles. The summed E-state index contributed by atoms with van der Waals surface area (Å²) < 4.78 is 146. The number of nitrogens with one attached hydrogen (secondary N) is 3. The molecule has 0 spiro atoms. The highest BCUT2D eigenvalue weighted by Gasteiger charge is 2.67. The van der Waals surface area contributed by atoms with Gasteiger partial charge in [0.05, 0.1) is 52.9 Å². The Labute approximate surface area is 359 Å². The van der Waals surface area contributed by atoms with E-state index in [9.17, 15) is 39.2 Å². The topological polar surface area (TPSA) is 201 Å². The van der Waals surface area contributed by atoms with Crippen molar-refractivity contribution in [2.24, 2.45) is 20.0 Å². The number of anilines is 2. The van der Waals surface area contributed by atoms with Gasteiger partial charge in [0.15, 0.2) is 11.6 Å². The molecule has 9 rings (SSSR count). The maximum atomic E-state index is 15.5. The molecule has 0 aliphatic heterocycles. The number of benzene rings is 3. The van der Waals surface area contributed by atoms with Crippen molar-refractivity contribution in [1.29, 1.82) is 0 Å². The standard InChI is InChI=1S/C40H35F6N11O5S2/c1-55-34-21(7-5-9-23(34)38(51-55)53-63(3,59)60)28-16-47-32(31(49-28)22-8-6-10-24-35(22)56(2)52-39(24)54-64(4,61)62)27(13-18-11-19(41)14-20(42)12-18)48-29(58)17-57-36-30(33(50-57)37(43)44)25-15-26(25)40(36,45)46/h5-12,14,16,25-27,37H,13,15,17H2,1-4H3,(H,48,58)(H,51,53)(H,52,54)/t25-,26+,27?/m0/s1. The lowest BCUT2D eigenvalue weighted by atomic mass is 9.96. The van der Waals surface area contributed by atoms with Gasteiger partial charge in [-0.25, -0.2) is 39.4 Å². The second kappa shape index (κ2) is 15.0. The molecule has 7 aromatic rings. The summed E-state index contributed by atoms with van der Waals surface area (Å²) in [4.78, 5) is 23.9. The van der Waals surface area contributed by atoms with E-state index in [0.29, 0.717) is 38.1 Å². The predicted octanol–water partition coefficient (Wildman–Crippen LogP) is 6.05. The summed E-state index contributed by atoms with van der Waals surface area (Å²) in [6.45, 7) is -0.941. The lowest BCUT2D eigenvalue weighted by Crippen LogP contribution is -2.35. The molecule has 64 heavy (non-hydrogen) atoms. The SMILES string of the molecule is Cn1nc(NS(C)(=O)=O)c2cccc(-c3cnc(C(Cc4cc(F)cc(F)c4)NC(=O)Cn4nc(C(F)F)c5c4C(F)(F)[C@@H]4C[C@H]54)c(-c4cccc5c(NS(C)(=O)=O)nn(C)c45)n3)c21. The van der Waals surface area contributed by atoms with E-state index in [0.717, 1.165) is 24.6 Å². The summed E-state index contributed by atoms with van der Waals surface area (Å²) in [6, 6.07) is 11.0. The van der Waals surface area contributed by atoms with Crippen molar-refractivity contribution < 1.29 is 48.0 Å². The van der Waals surface area contributed by atoms with Crippen LogP contribution in [0, 0.1) is 17.6 Å². The lowest BCUT2D eigenvalue weighted by molar-refractivity contribution is -0.123. The molecule has 3 atom stereocenters. The molecule has 1 unspecified atom stereocenters. The number of carbonyl (C=O) groups is 1. The van der Waals surface area contributed by atoms with Crippen molar-refractivity contribution in [2.75, 3.05) is 22.0 Å². The van der Waals surface area contributed by atoms with Crippen LogP contribution in [-0.2, 0) is 57.8 Å². The fourth-order valence-corrected chi connectivity index (χ4v) is 9.69. The Morgan fingerprint density at radius 2 is 1.42 bits per heavy atom. The summed E-state index contributed by atoms with van der Waals surface area (Å²) >= 11 is 0. The highest BCUT2D eigenvalue weighted by Crippen LogP contribution is 2.68. The van der Waals surface area contributed by atoms with E-state index in [1.54, 1.807) is 43.4 Å². The largest absolute Gasteiger partial charge is 0.346 e. The highest BCUT2D eigenvalue weighted by molar-refractivity contribution is 7.92. The first-order chi connectivity index (χ1) is 30.1. The van der Waals surface area contributed by atoms with E-state index in [2.05, 4.69) is 30.1 Å². The normalized spacial score (nSPS) is 17.2. The van der Waals surface area contributed by atoms with Gasteiger partial charge in [-0.3, -0.25) is 33.3 Å². The monoisotopic (exact) mass is 927 g/mol. The van der Waals surface area contributed by atoms with Gasteiger partial charge in [-0.15, -0.1) is 0 Å². The van der Waals surface area contributed by atoms with E-state index < -0.39 is 85.7 Å². The van der Waals surface area contributed by atoms with Gasteiger partial charge in [0.25, 0.3) is 12.3 Å². The van der Waals surface area contributed by atoms with Crippen LogP contribution in [0.4, 0.5) is 38.0 Å². The van der Waals surface area contributed by atoms with Gasteiger partial charge < -0.3 is 5.32 Å². The van der Waals surface area contributed by atoms with Crippen LogP contribution in [0.5, 0.6) is 0 Å². The zero-order chi connectivity index (χ0) is 45.8. The van der Waals surface area contributed by atoms with Crippen LogP contribution in [0.3, 0.4) is 0 Å². The number of hydrogen-bond acceptors (Lipinski definition) is 10. The molecule has 0 bridgehead atoms. The van der Waals surface area contributed by atoms with E-state index in [1.807, 2.05) is 0 Å². The van der Waals surface area contributed by atoms with Gasteiger partial charge in [-0.2, -0.15) is 24.1 Å². The average Bonchev–Trinajstić information content (AvgIpc) is 3.60. The summed E-state index contributed by atoms with van der Waals surface area (Å²) in [7, 11) is -4.48. The van der Waals surface area contributed by atoms with E-state index >= 15 is 8.78 Å². The summed E-state index contributed by atoms with van der Waals surface area (Å²) in [5.41, 5.74) is -0.271. The van der Waals surface area contributed by atoms with Crippen LogP contribution >= 0.6 is 0 Å². The van der Waals surface area contributed by atoms with Gasteiger partial charge >= 0.3 is 0 Å². The predicted molar refractivity (Wildman–Crippen MR) is 221 cm³/mol. The maximum Gasteiger partial charge on any atom is 0.293 e. The minimum absolute atomic E-state index is 0.00431. The number of sulfonamides is 2. The molecule has 334 valence electrons. The quantitative estimate of drug-likeness (QED) is 0.114. The average molecular weight is 928 g/mol. The van der Waals surface area contributed by atoms with Crippen molar-refractivity contribution in [1.82, 2.24) is 44.6 Å². The number of carbonyl (C=O) groups excluding carboxylic acids is 1. The molecule has 0 radical (unpaired) electrons. The number of fused-ring (bicyclic) bond motifs is 5. The van der Waals surface area contributed by atoms with Crippen LogP contribution in [0.15, 0.2) is 60.8 Å². The van der Waals surface area contributed by atoms with Gasteiger partial charge in [-0.05, 0) is 48.6 Å². The summed E-state index contributed by atoms with van der Waals surface area (Å²) in [5.74, 6) is -8.45. The third-order valence-electron chi connectivity index (χ3n) is 11.1. The number of aryl methyl sites for hydroxylation is 2. The summed E-state index contributed by atoms with van der Waals surface area (Å²) in [5, 5.41) is 15.9. The molecule has 16 nitrogen and oxygen atoms in total. The van der Waals surface area contributed by atoms with Crippen LogP contribution in [-0.4, -0.2) is 74.6 Å². The molecule has 4 aromatic heterocycles.